The van der Waals surface area contributed by atoms with Crippen LogP contribution in [0.3, 0.4) is 0 Å². The van der Waals surface area contributed by atoms with E-state index >= 15 is 0 Å². The van der Waals surface area contributed by atoms with Crippen LogP contribution in [0.2, 0.25) is 5.02 Å². The highest BCUT2D eigenvalue weighted by Crippen LogP contribution is 2.30. The van der Waals surface area contributed by atoms with E-state index in [-0.39, 0.29) is 12.4 Å². The molecule has 0 fully saturated rings. The molecule has 0 radical (unpaired) electrons. The summed E-state index contributed by atoms with van der Waals surface area (Å²) < 4.78 is 25.2. The minimum atomic E-state index is -0.384. The van der Waals surface area contributed by atoms with Crippen LogP contribution in [0, 0.1) is 5.82 Å². The molecular formula is C19H21ClFNO2. The Labute approximate surface area is 147 Å². The molecule has 0 aliphatic carbocycles. The van der Waals surface area contributed by atoms with Crippen molar-refractivity contribution in [2.45, 2.75) is 20.1 Å². The number of hydrogen-bond donors (Lipinski definition) is 1. The SMILES string of the molecule is C=CCNCc1ccc(OCc2c(F)cccc2Cl)c(OCC)c1. The van der Waals surface area contributed by atoms with E-state index in [0.29, 0.717) is 35.2 Å². The third kappa shape index (κ3) is 4.98. The van der Waals surface area contributed by atoms with Crippen molar-refractivity contribution >= 4 is 11.6 Å². The number of ether oxygens (including phenoxy) is 2. The average molecular weight is 350 g/mol. The van der Waals surface area contributed by atoms with Crippen molar-refractivity contribution in [2.75, 3.05) is 13.2 Å². The van der Waals surface area contributed by atoms with Crippen LogP contribution in [0.5, 0.6) is 11.5 Å². The number of benzene rings is 2. The molecule has 0 saturated heterocycles. The normalized spacial score (nSPS) is 10.5. The first-order valence-electron chi connectivity index (χ1n) is 7.78. The summed E-state index contributed by atoms with van der Waals surface area (Å²) in [7, 11) is 0. The predicted octanol–water partition coefficient (Wildman–Crippen LogP) is 4.73. The highest BCUT2D eigenvalue weighted by atomic mass is 35.5. The van der Waals surface area contributed by atoms with Crippen molar-refractivity contribution in [3.05, 3.63) is 71.0 Å². The molecule has 0 unspecified atom stereocenters. The molecule has 0 spiro atoms. The standard InChI is InChI=1S/C19H21ClFNO2/c1-3-10-22-12-14-8-9-18(19(11-14)23-4-2)24-13-15-16(20)6-5-7-17(15)21/h3,5-9,11,22H,1,4,10,12-13H2,2H3. The second-order valence-electron chi connectivity index (χ2n) is 5.12. The highest BCUT2D eigenvalue weighted by Gasteiger charge is 2.11. The first kappa shape index (κ1) is 18.3. The van der Waals surface area contributed by atoms with Crippen LogP contribution >= 0.6 is 11.6 Å². The molecule has 3 nitrogen and oxygen atoms in total. The zero-order valence-corrected chi connectivity index (χ0v) is 14.4. The minimum absolute atomic E-state index is 0.0413. The predicted molar refractivity (Wildman–Crippen MR) is 95.3 cm³/mol. The summed E-state index contributed by atoms with van der Waals surface area (Å²) >= 11 is 6.03. The lowest BCUT2D eigenvalue weighted by Gasteiger charge is -2.14. The van der Waals surface area contributed by atoms with Gasteiger partial charge in [0, 0.05) is 18.7 Å². The van der Waals surface area contributed by atoms with Crippen molar-refractivity contribution in [1.29, 1.82) is 0 Å². The lowest BCUT2D eigenvalue weighted by atomic mass is 10.2. The summed E-state index contributed by atoms with van der Waals surface area (Å²) in [4.78, 5) is 0. The van der Waals surface area contributed by atoms with Crippen LogP contribution < -0.4 is 14.8 Å². The maximum absolute atomic E-state index is 13.8. The molecule has 0 aliphatic heterocycles. The summed E-state index contributed by atoms with van der Waals surface area (Å²) in [5, 5.41) is 3.58. The highest BCUT2D eigenvalue weighted by molar-refractivity contribution is 6.31. The molecule has 0 atom stereocenters. The average Bonchev–Trinajstić information content (AvgIpc) is 2.56. The molecule has 0 aromatic heterocycles. The van der Waals surface area contributed by atoms with Gasteiger partial charge in [0.2, 0.25) is 0 Å². The number of hydrogen-bond acceptors (Lipinski definition) is 3. The third-order valence-corrected chi connectivity index (χ3v) is 3.71. The largest absolute Gasteiger partial charge is 0.490 e. The molecule has 128 valence electrons. The van der Waals surface area contributed by atoms with E-state index in [4.69, 9.17) is 21.1 Å². The first-order chi connectivity index (χ1) is 11.7. The van der Waals surface area contributed by atoms with Gasteiger partial charge in [-0.3, -0.25) is 0 Å². The van der Waals surface area contributed by atoms with E-state index in [1.165, 1.54) is 6.07 Å². The van der Waals surface area contributed by atoms with E-state index < -0.39 is 0 Å². The maximum atomic E-state index is 13.8. The molecule has 0 aliphatic rings. The monoisotopic (exact) mass is 349 g/mol. The molecule has 2 aromatic rings. The van der Waals surface area contributed by atoms with Crippen molar-refractivity contribution in [1.82, 2.24) is 5.32 Å². The van der Waals surface area contributed by atoms with E-state index in [0.717, 1.165) is 12.1 Å². The Balaban J connectivity index is 2.12. The molecule has 0 saturated carbocycles. The van der Waals surface area contributed by atoms with Gasteiger partial charge in [-0.2, -0.15) is 0 Å². The number of rotatable bonds is 9. The first-order valence-corrected chi connectivity index (χ1v) is 8.16. The van der Waals surface area contributed by atoms with Gasteiger partial charge < -0.3 is 14.8 Å². The molecule has 0 heterocycles. The summed E-state index contributed by atoms with van der Waals surface area (Å²) in [6.07, 6.45) is 1.80. The van der Waals surface area contributed by atoms with Crippen molar-refractivity contribution < 1.29 is 13.9 Å². The summed E-state index contributed by atoms with van der Waals surface area (Å²) in [6.45, 7) is 7.56. The number of nitrogens with one attached hydrogen (secondary N) is 1. The molecule has 24 heavy (non-hydrogen) atoms. The van der Waals surface area contributed by atoms with E-state index in [9.17, 15) is 4.39 Å². The van der Waals surface area contributed by atoms with Gasteiger partial charge in [0.05, 0.1) is 11.6 Å². The maximum Gasteiger partial charge on any atom is 0.161 e. The van der Waals surface area contributed by atoms with E-state index in [1.54, 1.807) is 18.2 Å². The topological polar surface area (TPSA) is 30.5 Å². The van der Waals surface area contributed by atoms with Crippen LogP contribution in [0.1, 0.15) is 18.1 Å². The zero-order valence-electron chi connectivity index (χ0n) is 13.6. The molecule has 2 aromatic carbocycles. The molecule has 1 N–H and O–H groups in total. The molecule has 2 rings (SSSR count). The molecular weight excluding hydrogens is 329 g/mol. The number of halogens is 2. The lowest BCUT2D eigenvalue weighted by Crippen LogP contribution is -2.12. The summed E-state index contributed by atoms with van der Waals surface area (Å²) in [5.74, 6) is 0.803. The van der Waals surface area contributed by atoms with Gasteiger partial charge in [-0.15, -0.1) is 6.58 Å². The Morgan fingerprint density at radius 2 is 2.04 bits per heavy atom. The molecule has 5 heteroatoms. The Hall–Kier alpha value is -2.04. The zero-order chi connectivity index (χ0) is 17.4. The van der Waals surface area contributed by atoms with Crippen LogP contribution in [0.25, 0.3) is 0 Å². The van der Waals surface area contributed by atoms with Gasteiger partial charge in [0.25, 0.3) is 0 Å². The van der Waals surface area contributed by atoms with Crippen LogP contribution in [-0.2, 0) is 13.2 Å². The molecule has 0 bridgehead atoms. The fourth-order valence-corrected chi connectivity index (χ4v) is 2.41. The van der Waals surface area contributed by atoms with Gasteiger partial charge in [0.15, 0.2) is 11.5 Å². The smallest absolute Gasteiger partial charge is 0.161 e. The van der Waals surface area contributed by atoms with Gasteiger partial charge in [-0.05, 0) is 36.8 Å². The van der Waals surface area contributed by atoms with Crippen molar-refractivity contribution in [3.8, 4) is 11.5 Å². The van der Waals surface area contributed by atoms with Gasteiger partial charge >= 0.3 is 0 Å². The lowest BCUT2D eigenvalue weighted by molar-refractivity contribution is 0.265. The van der Waals surface area contributed by atoms with Crippen molar-refractivity contribution in [2.24, 2.45) is 0 Å². The Morgan fingerprint density at radius 3 is 2.75 bits per heavy atom. The van der Waals surface area contributed by atoms with Crippen molar-refractivity contribution in [3.63, 3.8) is 0 Å². The third-order valence-electron chi connectivity index (χ3n) is 3.36. The quantitative estimate of drug-likeness (QED) is 0.524. The Morgan fingerprint density at radius 1 is 1.21 bits per heavy atom. The van der Waals surface area contributed by atoms with Crippen LogP contribution in [0.4, 0.5) is 4.39 Å². The summed E-state index contributed by atoms with van der Waals surface area (Å²) in [6, 6.07) is 10.3. The van der Waals surface area contributed by atoms with E-state index in [2.05, 4.69) is 11.9 Å². The fourth-order valence-electron chi connectivity index (χ4n) is 2.19. The minimum Gasteiger partial charge on any atom is -0.490 e. The second-order valence-corrected chi connectivity index (χ2v) is 5.53. The molecule has 0 amide bonds. The Bertz CT molecular complexity index is 671. The Kier molecular flexibility index (Phi) is 7.09. The fraction of sp³-hybridized carbons (Fsp3) is 0.263. The second kappa shape index (κ2) is 9.30. The van der Waals surface area contributed by atoms with Crippen LogP contribution in [-0.4, -0.2) is 13.2 Å². The van der Waals surface area contributed by atoms with Crippen LogP contribution in [0.15, 0.2) is 49.1 Å². The summed E-state index contributed by atoms with van der Waals surface area (Å²) in [5.41, 5.74) is 1.40. The van der Waals surface area contributed by atoms with Gasteiger partial charge in [-0.25, -0.2) is 4.39 Å². The van der Waals surface area contributed by atoms with Gasteiger partial charge in [0.1, 0.15) is 12.4 Å². The van der Waals surface area contributed by atoms with Gasteiger partial charge in [-0.1, -0.05) is 29.8 Å². The van der Waals surface area contributed by atoms with E-state index in [1.807, 2.05) is 25.1 Å².